The number of amides is 2. The highest BCUT2D eigenvalue weighted by molar-refractivity contribution is 8.00. The number of hydrogen-bond donors (Lipinski definition) is 2. The van der Waals surface area contributed by atoms with E-state index >= 15 is 0 Å². The van der Waals surface area contributed by atoms with E-state index in [0.29, 0.717) is 21.3 Å². The maximum absolute atomic E-state index is 12.1. The van der Waals surface area contributed by atoms with Crippen LogP contribution in [-0.4, -0.2) is 42.1 Å². The van der Waals surface area contributed by atoms with E-state index in [-0.39, 0.29) is 24.7 Å². The number of halogens is 2. The number of rotatable bonds is 8. The van der Waals surface area contributed by atoms with Crippen molar-refractivity contribution in [1.82, 2.24) is 10.6 Å². The SMILES string of the molecule is CCOC(=O)C1=C(CSCC(=O)OCc2ccc(Cl)c(Cl)c2)NC(=O)N[C@@H]1C. The number of esters is 2. The number of benzene rings is 1. The second-order valence-corrected chi connectivity index (χ2v) is 7.63. The topological polar surface area (TPSA) is 93.7 Å². The summed E-state index contributed by atoms with van der Waals surface area (Å²) in [7, 11) is 0. The molecule has 0 unspecified atom stereocenters. The molecule has 10 heteroatoms. The highest BCUT2D eigenvalue weighted by atomic mass is 35.5. The van der Waals surface area contributed by atoms with Crippen LogP contribution in [0, 0.1) is 0 Å². The summed E-state index contributed by atoms with van der Waals surface area (Å²) in [5.41, 5.74) is 1.50. The van der Waals surface area contributed by atoms with E-state index in [2.05, 4.69) is 10.6 Å². The molecule has 1 aliphatic rings. The Hall–Kier alpha value is -1.90. The Morgan fingerprint density at radius 2 is 1.96 bits per heavy atom. The fraction of sp³-hybridized carbons (Fsp3) is 0.389. The fourth-order valence-electron chi connectivity index (χ4n) is 2.46. The lowest BCUT2D eigenvalue weighted by Crippen LogP contribution is -2.49. The first-order chi connectivity index (χ1) is 13.3. The van der Waals surface area contributed by atoms with Crippen LogP contribution in [0.2, 0.25) is 10.0 Å². The molecular weight excluding hydrogens is 427 g/mol. The van der Waals surface area contributed by atoms with Gasteiger partial charge in [0.2, 0.25) is 0 Å². The number of carbonyl (C=O) groups is 3. The Kier molecular flexibility index (Phi) is 8.47. The number of urea groups is 1. The average Bonchev–Trinajstić information content (AvgIpc) is 2.62. The minimum atomic E-state index is -0.500. The van der Waals surface area contributed by atoms with E-state index in [4.69, 9.17) is 32.7 Å². The molecule has 7 nitrogen and oxygen atoms in total. The van der Waals surface area contributed by atoms with Crippen LogP contribution in [0.5, 0.6) is 0 Å². The minimum absolute atomic E-state index is 0.0542. The number of thioether (sulfide) groups is 1. The Labute approximate surface area is 177 Å². The summed E-state index contributed by atoms with van der Waals surface area (Å²) in [5, 5.41) is 6.04. The van der Waals surface area contributed by atoms with Gasteiger partial charge in [-0.05, 0) is 31.5 Å². The summed E-state index contributed by atoms with van der Waals surface area (Å²) in [5.74, 6) is -0.616. The van der Waals surface area contributed by atoms with Crippen molar-refractivity contribution in [2.45, 2.75) is 26.5 Å². The predicted octanol–water partition coefficient (Wildman–Crippen LogP) is 3.29. The van der Waals surface area contributed by atoms with E-state index < -0.39 is 24.0 Å². The second kappa shape index (κ2) is 10.6. The summed E-state index contributed by atoms with van der Waals surface area (Å²) >= 11 is 13.0. The first-order valence-electron chi connectivity index (χ1n) is 8.46. The smallest absolute Gasteiger partial charge is 0.337 e. The van der Waals surface area contributed by atoms with Gasteiger partial charge in [-0.1, -0.05) is 29.3 Å². The molecule has 152 valence electrons. The number of ether oxygens (including phenoxy) is 2. The van der Waals surface area contributed by atoms with Gasteiger partial charge in [0.15, 0.2) is 0 Å². The summed E-state index contributed by atoms with van der Waals surface area (Å²) in [6, 6.07) is 4.10. The Bertz CT molecular complexity index is 800. The van der Waals surface area contributed by atoms with Gasteiger partial charge in [-0.15, -0.1) is 11.8 Å². The zero-order valence-corrected chi connectivity index (χ0v) is 17.7. The first-order valence-corrected chi connectivity index (χ1v) is 10.4. The number of carbonyl (C=O) groups excluding carboxylic acids is 3. The normalized spacial score (nSPS) is 16.3. The molecule has 1 aromatic carbocycles. The van der Waals surface area contributed by atoms with Gasteiger partial charge in [0.05, 0.1) is 34.0 Å². The summed E-state index contributed by atoms with van der Waals surface area (Å²) in [6.07, 6.45) is 0. The van der Waals surface area contributed by atoms with Crippen LogP contribution < -0.4 is 10.6 Å². The third-order valence-corrected chi connectivity index (χ3v) is 5.39. The van der Waals surface area contributed by atoms with Crippen molar-refractivity contribution < 1.29 is 23.9 Å². The molecule has 1 aromatic rings. The Morgan fingerprint density at radius 3 is 2.64 bits per heavy atom. The van der Waals surface area contributed by atoms with Crippen molar-refractivity contribution in [1.29, 1.82) is 0 Å². The van der Waals surface area contributed by atoms with Gasteiger partial charge in [0.25, 0.3) is 0 Å². The molecule has 0 radical (unpaired) electrons. The van der Waals surface area contributed by atoms with Gasteiger partial charge >= 0.3 is 18.0 Å². The van der Waals surface area contributed by atoms with Crippen molar-refractivity contribution in [3.8, 4) is 0 Å². The molecule has 0 aliphatic carbocycles. The molecule has 1 heterocycles. The van der Waals surface area contributed by atoms with Gasteiger partial charge < -0.3 is 20.1 Å². The van der Waals surface area contributed by atoms with Gasteiger partial charge in [0, 0.05) is 11.4 Å². The van der Waals surface area contributed by atoms with Gasteiger partial charge in [0.1, 0.15) is 6.61 Å². The third kappa shape index (κ3) is 6.32. The molecule has 2 N–H and O–H groups in total. The number of hydrogen-bond acceptors (Lipinski definition) is 6. The zero-order valence-electron chi connectivity index (χ0n) is 15.3. The van der Waals surface area contributed by atoms with E-state index in [1.165, 1.54) is 11.8 Å². The zero-order chi connectivity index (χ0) is 20.7. The quantitative estimate of drug-likeness (QED) is 0.595. The molecule has 0 saturated heterocycles. The predicted molar refractivity (Wildman–Crippen MR) is 108 cm³/mol. The van der Waals surface area contributed by atoms with Crippen LogP contribution in [0.25, 0.3) is 0 Å². The first kappa shape index (κ1) is 22.4. The van der Waals surface area contributed by atoms with Gasteiger partial charge in [-0.25, -0.2) is 9.59 Å². The van der Waals surface area contributed by atoms with Crippen molar-refractivity contribution in [3.63, 3.8) is 0 Å². The van der Waals surface area contributed by atoms with E-state index in [9.17, 15) is 14.4 Å². The van der Waals surface area contributed by atoms with Gasteiger partial charge in [-0.3, -0.25) is 4.79 Å². The van der Waals surface area contributed by atoms with E-state index in [0.717, 1.165) is 5.56 Å². The lowest BCUT2D eigenvalue weighted by molar-refractivity contribution is -0.141. The maximum atomic E-state index is 12.1. The second-order valence-electron chi connectivity index (χ2n) is 5.83. The molecular formula is C18H20Cl2N2O5S. The van der Waals surface area contributed by atoms with Crippen LogP contribution >= 0.6 is 35.0 Å². The number of nitrogens with one attached hydrogen (secondary N) is 2. The molecule has 0 fully saturated rings. The summed E-state index contributed by atoms with van der Waals surface area (Å²) in [4.78, 5) is 35.8. The third-order valence-electron chi connectivity index (χ3n) is 3.72. The van der Waals surface area contributed by atoms with Crippen LogP contribution in [0.4, 0.5) is 4.79 Å². The molecule has 1 aliphatic heterocycles. The monoisotopic (exact) mass is 446 g/mol. The highest BCUT2D eigenvalue weighted by Crippen LogP contribution is 2.23. The van der Waals surface area contributed by atoms with E-state index in [1.54, 1.807) is 32.0 Å². The highest BCUT2D eigenvalue weighted by Gasteiger charge is 2.29. The molecule has 0 spiro atoms. The van der Waals surface area contributed by atoms with Crippen molar-refractivity contribution in [2.24, 2.45) is 0 Å². The van der Waals surface area contributed by atoms with Crippen LogP contribution in [-0.2, 0) is 25.7 Å². The van der Waals surface area contributed by atoms with Crippen LogP contribution in [0.3, 0.4) is 0 Å². The summed E-state index contributed by atoms with van der Waals surface area (Å²) < 4.78 is 10.2. The van der Waals surface area contributed by atoms with Crippen molar-refractivity contribution >= 4 is 52.9 Å². The maximum Gasteiger partial charge on any atom is 0.337 e. The van der Waals surface area contributed by atoms with Crippen molar-refractivity contribution in [3.05, 3.63) is 45.1 Å². The molecule has 0 bridgehead atoms. The molecule has 2 amide bonds. The lowest BCUT2D eigenvalue weighted by atomic mass is 10.1. The van der Waals surface area contributed by atoms with Crippen LogP contribution in [0.1, 0.15) is 19.4 Å². The average molecular weight is 447 g/mol. The van der Waals surface area contributed by atoms with E-state index in [1.807, 2.05) is 0 Å². The minimum Gasteiger partial charge on any atom is -0.463 e. The Morgan fingerprint density at radius 1 is 1.21 bits per heavy atom. The standard InChI is InChI=1S/C18H20Cl2N2O5S/c1-3-26-17(24)16-10(2)21-18(25)22-14(16)8-28-9-15(23)27-7-11-4-5-12(19)13(20)6-11/h4-6,10H,3,7-9H2,1-2H3,(H2,21,22,25)/t10-/m1/s1. The van der Waals surface area contributed by atoms with Gasteiger partial charge in [-0.2, -0.15) is 0 Å². The molecule has 0 aromatic heterocycles. The van der Waals surface area contributed by atoms with Crippen molar-refractivity contribution in [2.75, 3.05) is 18.1 Å². The molecule has 28 heavy (non-hydrogen) atoms. The fourth-order valence-corrected chi connectivity index (χ4v) is 3.57. The van der Waals surface area contributed by atoms with Crippen LogP contribution in [0.15, 0.2) is 29.5 Å². The molecule has 1 atom stereocenters. The largest absolute Gasteiger partial charge is 0.463 e. The molecule has 0 saturated carbocycles. The summed E-state index contributed by atoms with van der Waals surface area (Å²) in [6.45, 7) is 3.70. The lowest BCUT2D eigenvalue weighted by Gasteiger charge is -2.26. The molecule has 2 rings (SSSR count). The Balaban J connectivity index is 1.89.